The van der Waals surface area contributed by atoms with E-state index in [-0.39, 0.29) is 11.4 Å². The van der Waals surface area contributed by atoms with Gasteiger partial charge in [0, 0.05) is 11.1 Å². The molecule has 0 aromatic heterocycles. The zero-order valence-corrected chi connectivity index (χ0v) is 7.31. The molecule has 0 spiro atoms. The Morgan fingerprint density at radius 1 is 1.38 bits per heavy atom. The third kappa shape index (κ3) is 1.62. The van der Waals surface area contributed by atoms with E-state index in [4.69, 9.17) is 5.39 Å². The van der Waals surface area contributed by atoms with E-state index < -0.39 is 4.92 Å². The highest BCUT2D eigenvalue weighted by Crippen LogP contribution is 2.27. The third-order valence-electron chi connectivity index (χ3n) is 1.82. The molecule has 66 valence electrons. The predicted octanol–water partition coefficient (Wildman–Crippen LogP) is 2.70. The van der Waals surface area contributed by atoms with Crippen LogP contribution in [0.4, 0.5) is 11.4 Å². The van der Waals surface area contributed by atoms with Crippen molar-refractivity contribution in [1.29, 1.82) is 5.39 Å². The maximum atomic E-state index is 10.5. The van der Waals surface area contributed by atoms with Crippen molar-refractivity contribution >= 4 is 11.4 Å². The van der Waals surface area contributed by atoms with Crippen molar-refractivity contribution in [2.45, 2.75) is 13.8 Å². The van der Waals surface area contributed by atoms with Crippen LogP contribution in [0.2, 0.25) is 0 Å². The molecule has 0 bridgehead atoms. The van der Waals surface area contributed by atoms with Crippen molar-refractivity contribution in [2.75, 3.05) is 0 Å². The first-order chi connectivity index (χ1) is 6.06. The van der Waals surface area contributed by atoms with E-state index in [1.807, 2.05) is 0 Å². The van der Waals surface area contributed by atoms with E-state index in [1.54, 1.807) is 19.9 Å². The molecule has 5 nitrogen and oxygen atoms in total. The molecule has 0 amide bonds. The SMILES string of the molecule is Cc1cc(C)c([N+](=O)[O-])cc1[N+]#N. The van der Waals surface area contributed by atoms with Gasteiger partial charge in [0.25, 0.3) is 5.69 Å². The van der Waals surface area contributed by atoms with Crippen LogP contribution in [0.3, 0.4) is 0 Å². The minimum atomic E-state index is -0.497. The third-order valence-corrected chi connectivity index (χ3v) is 1.82. The molecule has 0 saturated carbocycles. The van der Waals surface area contributed by atoms with Crippen LogP contribution in [-0.2, 0) is 0 Å². The summed E-state index contributed by atoms with van der Waals surface area (Å²) in [6.07, 6.45) is 0. The fourth-order valence-electron chi connectivity index (χ4n) is 1.13. The standard InChI is InChI=1S/C8H8N3O2/c1-5-3-6(2)8(11(12)13)4-7(5)10-9/h3-4H,1-2H3/q+1. The molecule has 0 aliphatic heterocycles. The Morgan fingerprint density at radius 3 is 2.46 bits per heavy atom. The van der Waals surface area contributed by atoms with E-state index in [9.17, 15) is 10.1 Å². The van der Waals surface area contributed by atoms with Crippen LogP contribution in [0.1, 0.15) is 11.1 Å². The Morgan fingerprint density at radius 2 is 2.00 bits per heavy atom. The van der Waals surface area contributed by atoms with Gasteiger partial charge in [0.15, 0.2) is 4.98 Å². The summed E-state index contributed by atoms with van der Waals surface area (Å²) in [7, 11) is 0. The molecule has 13 heavy (non-hydrogen) atoms. The normalized spacial score (nSPS) is 9.31. The predicted molar refractivity (Wildman–Crippen MR) is 47.3 cm³/mol. The summed E-state index contributed by atoms with van der Waals surface area (Å²) in [4.78, 5) is 12.9. The van der Waals surface area contributed by atoms with Crippen molar-refractivity contribution in [3.8, 4) is 0 Å². The molecular formula is C8H8N3O2+. The summed E-state index contributed by atoms with van der Waals surface area (Å²) in [6, 6.07) is 2.87. The molecular weight excluding hydrogens is 170 g/mol. The lowest BCUT2D eigenvalue weighted by molar-refractivity contribution is -0.385. The molecule has 0 saturated heterocycles. The first kappa shape index (κ1) is 9.13. The minimum Gasteiger partial charge on any atom is -0.258 e. The molecule has 0 fully saturated rings. The van der Waals surface area contributed by atoms with Gasteiger partial charge in [-0.05, 0) is 19.9 Å². The Bertz CT molecular complexity index is 407. The number of nitro groups is 1. The molecule has 1 rings (SSSR count). The Labute approximate surface area is 74.8 Å². The van der Waals surface area contributed by atoms with E-state index in [0.29, 0.717) is 11.1 Å². The van der Waals surface area contributed by atoms with Crippen molar-refractivity contribution in [1.82, 2.24) is 0 Å². The van der Waals surface area contributed by atoms with Crippen LogP contribution in [0.5, 0.6) is 0 Å². The average molecular weight is 178 g/mol. The summed E-state index contributed by atoms with van der Waals surface area (Å²) in [5.74, 6) is 0. The van der Waals surface area contributed by atoms with Gasteiger partial charge in [-0.3, -0.25) is 10.1 Å². The highest BCUT2D eigenvalue weighted by atomic mass is 16.6. The largest absolute Gasteiger partial charge is 0.394 e. The molecule has 0 atom stereocenters. The number of benzene rings is 1. The number of diazo groups is 1. The van der Waals surface area contributed by atoms with Crippen LogP contribution in [0.15, 0.2) is 12.1 Å². The summed E-state index contributed by atoms with van der Waals surface area (Å²) >= 11 is 0. The summed E-state index contributed by atoms with van der Waals surface area (Å²) in [5.41, 5.74) is 1.48. The van der Waals surface area contributed by atoms with Crippen LogP contribution in [0, 0.1) is 29.4 Å². The number of nitrogens with zero attached hydrogens (tertiary/aromatic N) is 3. The first-order valence-electron chi connectivity index (χ1n) is 3.67. The number of hydrogen-bond donors (Lipinski definition) is 0. The topological polar surface area (TPSA) is 71.3 Å². The van der Waals surface area contributed by atoms with Crippen LogP contribution >= 0.6 is 0 Å². The van der Waals surface area contributed by atoms with E-state index in [0.717, 1.165) is 0 Å². The number of hydrogen-bond acceptors (Lipinski definition) is 3. The van der Waals surface area contributed by atoms with Crippen LogP contribution in [-0.4, -0.2) is 4.92 Å². The van der Waals surface area contributed by atoms with Gasteiger partial charge < -0.3 is 0 Å². The zero-order valence-electron chi connectivity index (χ0n) is 7.31. The maximum absolute atomic E-state index is 10.5. The highest BCUT2D eigenvalue weighted by Gasteiger charge is 2.19. The monoisotopic (exact) mass is 178 g/mol. The van der Waals surface area contributed by atoms with Gasteiger partial charge in [-0.15, -0.1) is 0 Å². The molecule has 1 aromatic rings. The fourth-order valence-corrected chi connectivity index (χ4v) is 1.13. The molecule has 0 unspecified atom stereocenters. The molecule has 0 aliphatic rings. The molecule has 1 aromatic carbocycles. The Hall–Kier alpha value is -1.96. The number of rotatable bonds is 1. The van der Waals surface area contributed by atoms with Gasteiger partial charge in [-0.25, -0.2) is 0 Å². The summed E-state index contributed by atoms with van der Waals surface area (Å²) in [6.45, 7) is 3.37. The van der Waals surface area contributed by atoms with Gasteiger partial charge >= 0.3 is 5.69 Å². The minimum absolute atomic E-state index is 0.0293. The van der Waals surface area contributed by atoms with E-state index in [2.05, 4.69) is 4.98 Å². The Balaban J connectivity index is 3.41. The van der Waals surface area contributed by atoms with E-state index >= 15 is 0 Å². The fraction of sp³-hybridized carbons (Fsp3) is 0.250. The maximum Gasteiger partial charge on any atom is 0.394 e. The number of aryl methyl sites for hydroxylation is 2. The van der Waals surface area contributed by atoms with Crippen LogP contribution < -0.4 is 0 Å². The van der Waals surface area contributed by atoms with Crippen molar-refractivity contribution in [3.05, 3.63) is 38.3 Å². The first-order valence-corrected chi connectivity index (χ1v) is 3.67. The highest BCUT2D eigenvalue weighted by molar-refractivity contribution is 5.60. The average Bonchev–Trinajstić information content (AvgIpc) is 2.03. The smallest absolute Gasteiger partial charge is 0.258 e. The molecule has 0 aliphatic carbocycles. The second-order valence-electron chi connectivity index (χ2n) is 2.78. The zero-order chi connectivity index (χ0) is 10.0. The second kappa shape index (κ2) is 3.19. The molecule has 0 N–H and O–H groups in total. The number of nitro benzene ring substituents is 1. The molecule has 0 heterocycles. The van der Waals surface area contributed by atoms with Gasteiger partial charge in [-0.1, -0.05) is 0 Å². The van der Waals surface area contributed by atoms with Crippen LogP contribution in [0.25, 0.3) is 4.98 Å². The van der Waals surface area contributed by atoms with Crippen molar-refractivity contribution in [3.63, 3.8) is 0 Å². The van der Waals surface area contributed by atoms with E-state index in [1.165, 1.54) is 6.07 Å². The lowest BCUT2D eigenvalue weighted by Gasteiger charge is -1.94. The Kier molecular flexibility index (Phi) is 2.24. The lowest BCUT2D eigenvalue weighted by Crippen LogP contribution is -1.91. The summed E-state index contributed by atoms with van der Waals surface area (Å²) < 4.78 is 0. The quantitative estimate of drug-likeness (QED) is 0.377. The van der Waals surface area contributed by atoms with Gasteiger partial charge in [0.1, 0.15) is 6.07 Å². The van der Waals surface area contributed by atoms with Crippen molar-refractivity contribution in [2.24, 2.45) is 0 Å². The van der Waals surface area contributed by atoms with Gasteiger partial charge in [0.05, 0.1) is 4.92 Å². The summed E-state index contributed by atoms with van der Waals surface area (Å²) in [5, 5.41) is 19.0. The van der Waals surface area contributed by atoms with Crippen molar-refractivity contribution < 1.29 is 4.92 Å². The molecule has 5 heteroatoms. The molecule has 0 radical (unpaired) electrons. The van der Waals surface area contributed by atoms with Gasteiger partial charge in [-0.2, -0.15) is 0 Å². The van der Waals surface area contributed by atoms with Gasteiger partial charge in [0.2, 0.25) is 5.39 Å². The second-order valence-corrected chi connectivity index (χ2v) is 2.78. The lowest BCUT2D eigenvalue weighted by atomic mass is 10.1.